The van der Waals surface area contributed by atoms with Crippen LogP contribution in [0, 0.1) is 28.1 Å². The molecule has 0 spiro atoms. The van der Waals surface area contributed by atoms with E-state index < -0.39 is 11.3 Å². The minimum atomic E-state index is -0.853. The molecular formula is C28H32O3. The van der Waals surface area contributed by atoms with Crippen LogP contribution in [0.25, 0.3) is 0 Å². The van der Waals surface area contributed by atoms with E-state index in [1.807, 2.05) is 36.4 Å². The van der Waals surface area contributed by atoms with Crippen molar-refractivity contribution in [3.63, 3.8) is 0 Å². The minimum Gasteiger partial charge on any atom is -0.299 e. The van der Waals surface area contributed by atoms with Crippen LogP contribution in [0.1, 0.15) is 74.1 Å². The number of carbonyl (C=O) groups is 3. The van der Waals surface area contributed by atoms with E-state index >= 15 is 0 Å². The topological polar surface area (TPSA) is 51.2 Å². The molecule has 2 aliphatic rings. The SMILES string of the molecule is CC(C)C12CCC(CC(C(=O)c3ccccc3)C(=O)c3ccccc3)(C(=O)C1)C2(C)C. The van der Waals surface area contributed by atoms with Crippen molar-refractivity contribution < 1.29 is 14.4 Å². The van der Waals surface area contributed by atoms with Gasteiger partial charge in [0, 0.05) is 23.0 Å². The van der Waals surface area contributed by atoms with E-state index in [1.54, 1.807) is 24.3 Å². The molecule has 0 aromatic heterocycles. The number of benzene rings is 2. The molecule has 2 fully saturated rings. The Balaban J connectivity index is 1.77. The molecule has 0 amide bonds. The molecule has 4 rings (SSSR count). The highest BCUT2D eigenvalue weighted by Crippen LogP contribution is 2.74. The first-order valence-electron chi connectivity index (χ1n) is 11.4. The second kappa shape index (κ2) is 7.55. The molecule has 0 N–H and O–H groups in total. The molecule has 2 atom stereocenters. The van der Waals surface area contributed by atoms with Crippen LogP contribution < -0.4 is 0 Å². The van der Waals surface area contributed by atoms with Gasteiger partial charge in [0.1, 0.15) is 5.78 Å². The lowest BCUT2D eigenvalue weighted by molar-refractivity contribution is -0.130. The van der Waals surface area contributed by atoms with Gasteiger partial charge >= 0.3 is 0 Å². The van der Waals surface area contributed by atoms with E-state index in [2.05, 4.69) is 27.7 Å². The van der Waals surface area contributed by atoms with Crippen molar-refractivity contribution in [2.24, 2.45) is 28.1 Å². The molecule has 0 radical (unpaired) electrons. The molecule has 31 heavy (non-hydrogen) atoms. The van der Waals surface area contributed by atoms with Crippen LogP contribution in [0.15, 0.2) is 60.7 Å². The molecule has 2 bridgehead atoms. The van der Waals surface area contributed by atoms with Crippen molar-refractivity contribution in [2.45, 2.75) is 53.4 Å². The zero-order chi connectivity index (χ0) is 22.4. The summed E-state index contributed by atoms with van der Waals surface area (Å²) in [7, 11) is 0. The van der Waals surface area contributed by atoms with E-state index in [0.717, 1.165) is 12.8 Å². The quantitative estimate of drug-likeness (QED) is 0.400. The second-order valence-corrected chi connectivity index (χ2v) is 10.3. The van der Waals surface area contributed by atoms with E-state index in [9.17, 15) is 14.4 Å². The highest BCUT2D eigenvalue weighted by Gasteiger charge is 2.72. The van der Waals surface area contributed by atoms with Crippen molar-refractivity contribution >= 4 is 17.3 Å². The van der Waals surface area contributed by atoms with Gasteiger partial charge in [-0.15, -0.1) is 0 Å². The van der Waals surface area contributed by atoms with Gasteiger partial charge in [-0.05, 0) is 36.0 Å². The molecule has 0 heterocycles. The van der Waals surface area contributed by atoms with Crippen molar-refractivity contribution in [3.8, 4) is 0 Å². The number of fused-ring (bicyclic) bond motifs is 2. The molecule has 2 saturated carbocycles. The number of hydrogen-bond donors (Lipinski definition) is 0. The number of Topliss-reactive ketones (excluding diaryl/α,β-unsaturated/α-hetero) is 3. The van der Waals surface area contributed by atoms with Crippen LogP contribution in [0.4, 0.5) is 0 Å². The third-order valence-corrected chi connectivity index (χ3v) is 8.86. The zero-order valence-electron chi connectivity index (χ0n) is 19.0. The van der Waals surface area contributed by atoms with E-state index in [-0.39, 0.29) is 28.2 Å². The standard InChI is InChI=1S/C28H32O3/c1-19(2)27-15-16-28(23(29)18-27,26(27,3)4)17-22(24(30)20-11-7-5-8-12-20)25(31)21-13-9-6-10-14-21/h5-14,19,22H,15-18H2,1-4H3. The third kappa shape index (κ3) is 3.04. The fourth-order valence-electron chi connectivity index (χ4n) is 6.74. The predicted octanol–water partition coefficient (Wildman–Crippen LogP) is 6.18. The van der Waals surface area contributed by atoms with Gasteiger partial charge in [0.2, 0.25) is 0 Å². The van der Waals surface area contributed by atoms with Crippen molar-refractivity contribution in [3.05, 3.63) is 71.8 Å². The molecule has 0 saturated heterocycles. The van der Waals surface area contributed by atoms with Crippen LogP contribution in [0.2, 0.25) is 0 Å². The fourth-order valence-corrected chi connectivity index (χ4v) is 6.74. The average Bonchev–Trinajstić information content (AvgIpc) is 3.10. The summed E-state index contributed by atoms with van der Waals surface area (Å²) in [6, 6.07) is 18.1. The molecule has 3 nitrogen and oxygen atoms in total. The molecular weight excluding hydrogens is 384 g/mol. The first kappa shape index (κ1) is 21.7. The van der Waals surface area contributed by atoms with Crippen molar-refractivity contribution in [1.82, 2.24) is 0 Å². The lowest BCUT2D eigenvalue weighted by Gasteiger charge is -2.44. The first-order chi connectivity index (χ1) is 14.7. The summed E-state index contributed by atoms with van der Waals surface area (Å²) in [6.07, 6.45) is 2.60. The molecule has 0 aliphatic heterocycles. The molecule has 162 valence electrons. The Morgan fingerprint density at radius 2 is 1.32 bits per heavy atom. The first-order valence-corrected chi connectivity index (χ1v) is 11.4. The maximum Gasteiger partial charge on any atom is 0.173 e. The maximum atomic E-state index is 13.6. The largest absolute Gasteiger partial charge is 0.299 e. The molecule has 2 unspecified atom stereocenters. The summed E-state index contributed by atoms with van der Waals surface area (Å²) in [4.78, 5) is 40.8. The Bertz CT molecular complexity index is 954. The molecule has 3 heteroatoms. The molecule has 2 aromatic rings. The fraction of sp³-hybridized carbons (Fsp3) is 0.464. The lowest BCUT2D eigenvalue weighted by Crippen LogP contribution is -2.43. The highest BCUT2D eigenvalue weighted by molar-refractivity contribution is 6.16. The Morgan fingerprint density at radius 3 is 1.71 bits per heavy atom. The summed E-state index contributed by atoms with van der Waals surface area (Å²) in [5.74, 6) is -0.593. The van der Waals surface area contributed by atoms with Gasteiger partial charge in [-0.1, -0.05) is 88.4 Å². The highest BCUT2D eigenvalue weighted by atomic mass is 16.2. The van der Waals surface area contributed by atoms with Crippen LogP contribution >= 0.6 is 0 Å². The van der Waals surface area contributed by atoms with Gasteiger partial charge in [-0.3, -0.25) is 14.4 Å². The van der Waals surface area contributed by atoms with Crippen LogP contribution in [-0.4, -0.2) is 17.3 Å². The maximum absolute atomic E-state index is 13.6. The number of carbonyl (C=O) groups excluding carboxylic acids is 3. The smallest absolute Gasteiger partial charge is 0.173 e. The summed E-state index contributed by atoms with van der Waals surface area (Å²) in [6.45, 7) is 8.81. The summed E-state index contributed by atoms with van der Waals surface area (Å²) >= 11 is 0. The summed E-state index contributed by atoms with van der Waals surface area (Å²) in [5, 5.41) is 0. The van der Waals surface area contributed by atoms with Crippen LogP contribution in [0.5, 0.6) is 0 Å². The van der Waals surface area contributed by atoms with Crippen molar-refractivity contribution in [1.29, 1.82) is 0 Å². The van der Waals surface area contributed by atoms with Crippen molar-refractivity contribution in [2.75, 3.05) is 0 Å². The van der Waals surface area contributed by atoms with Gasteiger partial charge < -0.3 is 0 Å². The van der Waals surface area contributed by atoms with E-state index in [4.69, 9.17) is 0 Å². The van der Waals surface area contributed by atoms with E-state index in [1.165, 1.54) is 0 Å². The molecule has 2 aromatic carbocycles. The normalized spacial score (nSPS) is 26.6. The Morgan fingerprint density at radius 1 is 0.839 bits per heavy atom. The van der Waals surface area contributed by atoms with Crippen LogP contribution in [0.3, 0.4) is 0 Å². The lowest BCUT2D eigenvalue weighted by atomic mass is 9.58. The number of rotatable bonds is 7. The predicted molar refractivity (Wildman–Crippen MR) is 122 cm³/mol. The van der Waals surface area contributed by atoms with Gasteiger partial charge in [0.05, 0.1) is 5.92 Å². The van der Waals surface area contributed by atoms with Gasteiger partial charge in [-0.2, -0.15) is 0 Å². The van der Waals surface area contributed by atoms with Crippen LogP contribution in [-0.2, 0) is 4.79 Å². The van der Waals surface area contributed by atoms with E-state index in [0.29, 0.717) is 29.9 Å². The number of ketones is 3. The summed E-state index contributed by atoms with van der Waals surface area (Å²) in [5.41, 5.74) is 0.128. The number of hydrogen-bond acceptors (Lipinski definition) is 3. The Kier molecular flexibility index (Phi) is 5.28. The van der Waals surface area contributed by atoms with Gasteiger partial charge in [-0.25, -0.2) is 0 Å². The van der Waals surface area contributed by atoms with Gasteiger partial charge in [0.15, 0.2) is 11.6 Å². The summed E-state index contributed by atoms with van der Waals surface area (Å²) < 4.78 is 0. The zero-order valence-corrected chi connectivity index (χ0v) is 19.0. The Hall–Kier alpha value is -2.55. The average molecular weight is 417 g/mol. The Labute approximate surface area is 185 Å². The van der Waals surface area contributed by atoms with Gasteiger partial charge in [0.25, 0.3) is 0 Å². The second-order valence-electron chi connectivity index (χ2n) is 10.3. The third-order valence-electron chi connectivity index (χ3n) is 8.86. The monoisotopic (exact) mass is 416 g/mol. The minimum absolute atomic E-state index is 0.0553. The molecule has 2 aliphatic carbocycles.